The molecule has 1 N–H and O–H groups in total. The zero-order valence-corrected chi connectivity index (χ0v) is 15.9. The third-order valence-electron chi connectivity index (χ3n) is 5.34. The summed E-state index contributed by atoms with van der Waals surface area (Å²) in [6, 6.07) is 4.45. The number of rotatable bonds is 4. The molecule has 2 aliphatic carbocycles. The van der Waals surface area contributed by atoms with E-state index in [4.69, 9.17) is 16.3 Å². The highest BCUT2D eigenvalue weighted by Gasteiger charge is 2.47. The van der Waals surface area contributed by atoms with Gasteiger partial charge in [-0.15, -0.1) is 0 Å². The van der Waals surface area contributed by atoms with Crippen molar-refractivity contribution in [3.63, 3.8) is 0 Å². The van der Waals surface area contributed by atoms with E-state index in [0.717, 1.165) is 24.8 Å². The van der Waals surface area contributed by atoms with Gasteiger partial charge in [0.05, 0.1) is 10.7 Å². The molecule has 0 spiro atoms. The Hall–Kier alpha value is -2.22. The molecule has 1 heterocycles. The summed E-state index contributed by atoms with van der Waals surface area (Å²) in [5.41, 5.74) is 1.92. The molecule has 28 heavy (non-hydrogen) atoms. The Morgan fingerprint density at radius 1 is 1.36 bits per heavy atom. The highest BCUT2D eigenvalue weighted by molar-refractivity contribution is 6.30. The third-order valence-corrected chi connectivity index (χ3v) is 5.64. The van der Waals surface area contributed by atoms with E-state index in [9.17, 15) is 18.0 Å². The Kier molecular flexibility index (Phi) is 4.77. The number of amides is 1. The molecule has 0 bridgehead atoms. The van der Waals surface area contributed by atoms with Gasteiger partial charge in [0.2, 0.25) is 0 Å². The summed E-state index contributed by atoms with van der Waals surface area (Å²) in [7, 11) is 1.66. The number of anilines is 1. The van der Waals surface area contributed by atoms with E-state index < -0.39 is 36.8 Å². The van der Waals surface area contributed by atoms with Gasteiger partial charge in [0, 0.05) is 31.0 Å². The molecule has 1 aromatic heterocycles. The van der Waals surface area contributed by atoms with Crippen LogP contribution in [-0.2, 0) is 11.8 Å². The number of carbonyl (C=O) groups excluding carboxylic acids is 1. The van der Waals surface area contributed by atoms with Crippen LogP contribution in [0.4, 0.5) is 23.8 Å². The SMILES string of the molecule is Cn1nc(-c2ccc(Cl)c(F)c2)c(C2CCC2)c1NC(=O)OC1CC(F)(F)C1. The molecule has 0 saturated heterocycles. The summed E-state index contributed by atoms with van der Waals surface area (Å²) >= 11 is 5.77. The van der Waals surface area contributed by atoms with Crippen molar-refractivity contribution < 1.29 is 22.7 Å². The lowest BCUT2D eigenvalue weighted by Gasteiger charge is -2.34. The first-order valence-corrected chi connectivity index (χ1v) is 9.49. The number of carbonyl (C=O) groups is 1. The van der Waals surface area contributed by atoms with Crippen LogP contribution in [-0.4, -0.2) is 27.9 Å². The lowest BCUT2D eigenvalue weighted by Crippen LogP contribution is -2.43. The second-order valence-corrected chi connectivity index (χ2v) is 7.81. The number of benzene rings is 1. The average molecular weight is 414 g/mol. The molecule has 2 fully saturated rings. The van der Waals surface area contributed by atoms with E-state index in [1.165, 1.54) is 16.8 Å². The minimum absolute atomic E-state index is 0.0177. The number of nitrogens with one attached hydrogen (secondary N) is 1. The Morgan fingerprint density at radius 2 is 2.07 bits per heavy atom. The zero-order valence-electron chi connectivity index (χ0n) is 15.1. The summed E-state index contributed by atoms with van der Waals surface area (Å²) in [5.74, 6) is -2.71. The third kappa shape index (κ3) is 3.57. The van der Waals surface area contributed by atoms with E-state index in [2.05, 4.69) is 10.4 Å². The number of aromatic nitrogens is 2. The molecular weight excluding hydrogens is 395 g/mol. The normalized spacial score (nSPS) is 19.0. The van der Waals surface area contributed by atoms with Crippen LogP contribution in [0.15, 0.2) is 18.2 Å². The zero-order chi connectivity index (χ0) is 20.1. The molecule has 150 valence electrons. The second-order valence-electron chi connectivity index (χ2n) is 7.41. The van der Waals surface area contributed by atoms with Crippen LogP contribution < -0.4 is 5.32 Å². The number of aryl methyl sites for hydroxylation is 1. The van der Waals surface area contributed by atoms with Crippen molar-refractivity contribution in [2.75, 3.05) is 5.32 Å². The molecule has 2 saturated carbocycles. The summed E-state index contributed by atoms with van der Waals surface area (Å²) in [5, 5.41) is 7.12. The molecule has 1 amide bonds. The molecule has 5 nitrogen and oxygen atoms in total. The Labute approximate surface area is 164 Å². The van der Waals surface area contributed by atoms with Gasteiger partial charge in [0.15, 0.2) is 0 Å². The number of nitrogens with zero attached hydrogens (tertiary/aromatic N) is 2. The summed E-state index contributed by atoms with van der Waals surface area (Å²) < 4.78 is 46.4. The van der Waals surface area contributed by atoms with Crippen LogP contribution in [0.2, 0.25) is 5.02 Å². The maximum atomic E-state index is 13.9. The fourth-order valence-corrected chi connectivity index (χ4v) is 3.71. The van der Waals surface area contributed by atoms with E-state index in [-0.39, 0.29) is 10.9 Å². The van der Waals surface area contributed by atoms with Gasteiger partial charge in [-0.1, -0.05) is 24.1 Å². The highest BCUT2D eigenvalue weighted by Crippen LogP contribution is 2.45. The molecule has 9 heteroatoms. The topological polar surface area (TPSA) is 56.2 Å². The number of halogens is 4. The molecule has 1 aromatic carbocycles. The highest BCUT2D eigenvalue weighted by atomic mass is 35.5. The standard InChI is InChI=1S/C19H19ClF3N3O2/c1-26-17(24-18(27)28-12-8-19(22,23)9-12)15(10-3-2-4-10)16(25-26)11-5-6-13(20)14(21)7-11/h5-7,10,12H,2-4,8-9H2,1H3,(H,24,27). The number of alkyl halides is 2. The van der Waals surface area contributed by atoms with Gasteiger partial charge in [-0.2, -0.15) is 5.10 Å². The fourth-order valence-electron chi connectivity index (χ4n) is 3.60. The van der Waals surface area contributed by atoms with Gasteiger partial charge in [0.25, 0.3) is 5.92 Å². The van der Waals surface area contributed by atoms with E-state index in [1.54, 1.807) is 13.1 Å². The average Bonchev–Trinajstić information content (AvgIpc) is 2.84. The van der Waals surface area contributed by atoms with Crippen molar-refractivity contribution in [3.8, 4) is 11.3 Å². The summed E-state index contributed by atoms with van der Waals surface area (Å²) in [6.07, 6.45) is 0.390. The number of hydrogen-bond donors (Lipinski definition) is 1. The van der Waals surface area contributed by atoms with E-state index in [1.807, 2.05) is 0 Å². The molecule has 2 aliphatic rings. The van der Waals surface area contributed by atoms with Gasteiger partial charge in [-0.3, -0.25) is 10.00 Å². The molecule has 2 aromatic rings. The predicted molar refractivity (Wildman–Crippen MR) is 98.3 cm³/mol. The summed E-state index contributed by atoms with van der Waals surface area (Å²) in [4.78, 5) is 12.2. The fraction of sp³-hybridized carbons (Fsp3) is 0.474. The first kappa shape index (κ1) is 19.1. The van der Waals surface area contributed by atoms with Gasteiger partial charge < -0.3 is 4.74 Å². The number of ether oxygens (including phenoxy) is 1. The van der Waals surface area contributed by atoms with Crippen molar-refractivity contribution in [2.45, 2.75) is 50.0 Å². The summed E-state index contributed by atoms with van der Waals surface area (Å²) in [6.45, 7) is 0. The quantitative estimate of drug-likeness (QED) is 0.720. The largest absolute Gasteiger partial charge is 0.445 e. The van der Waals surface area contributed by atoms with Crippen LogP contribution in [0.25, 0.3) is 11.3 Å². The Bertz CT molecular complexity index is 919. The van der Waals surface area contributed by atoms with Crippen LogP contribution in [0.5, 0.6) is 0 Å². The van der Waals surface area contributed by atoms with Crippen molar-refractivity contribution in [1.29, 1.82) is 0 Å². The van der Waals surface area contributed by atoms with Crippen LogP contribution in [0, 0.1) is 5.82 Å². The lowest BCUT2D eigenvalue weighted by molar-refractivity contribution is -0.142. The molecule has 0 aliphatic heterocycles. The first-order chi connectivity index (χ1) is 13.2. The predicted octanol–water partition coefficient (Wildman–Crippen LogP) is 5.49. The van der Waals surface area contributed by atoms with Crippen molar-refractivity contribution in [1.82, 2.24) is 9.78 Å². The van der Waals surface area contributed by atoms with E-state index >= 15 is 0 Å². The molecule has 4 rings (SSSR count). The van der Waals surface area contributed by atoms with Crippen LogP contribution in [0.1, 0.15) is 43.6 Å². The van der Waals surface area contributed by atoms with Gasteiger partial charge in [-0.25, -0.2) is 18.0 Å². The van der Waals surface area contributed by atoms with Crippen molar-refractivity contribution in [2.24, 2.45) is 7.05 Å². The second kappa shape index (κ2) is 6.99. The Morgan fingerprint density at radius 3 is 2.64 bits per heavy atom. The minimum Gasteiger partial charge on any atom is -0.445 e. The maximum absolute atomic E-state index is 13.9. The first-order valence-electron chi connectivity index (χ1n) is 9.11. The van der Waals surface area contributed by atoms with Crippen LogP contribution >= 0.6 is 11.6 Å². The lowest BCUT2D eigenvalue weighted by atomic mass is 9.79. The van der Waals surface area contributed by atoms with Crippen molar-refractivity contribution >= 4 is 23.5 Å². The monoisotopic (exact) mass is 413 g/mol. The Balaban J connectivity index is 1.61. The maximum Gasteiger partial charge on any atom is 0.413 e. The molecule has 0 atom stereocenters. The van der Waals surface area contributed by atoms with Crippen LogP contribution in [0.3, 0.4) is 0 Å². The molecule has 0 unspecified atom stereocenters. The number of hydrogen-bond acceptors (Lipinski definition) is 3. The van der Waals surface area contributed by atoms with Crippen molar-refractivity contribution in [3.05, 3.63) is 34.6 Å². The van der Waals surface area contributed by atoms with E-state index in [0.29, 0.717) is 17.1 Å². The van der Waals surface area contributed by atoms with Gasteiger partial charge in [-0.05, 0) is 30.9 Å². The van der Waals surface area contributed by atoms with Gasteiger partial charge >= 0.3 is 6.09 Å². The minimum atomic E-state index is -2.76. The molecular formula is C19H19ClF3N3O2. The molecule has 0 radical (unpaired) electrons. The smallest absolute Gasteiger partial charge is 0.413 e. The van der Waals surface area contributed by atoms with Gasteiger partial charge in [0.1, 0.15) is 17.7 Å².